The van der Waals surface area contributed by atoms with E-state index in [4.69, 9.17) is 9.47 Å². The fourth-order valence-electron chi connectivity index (χ4n) is 1.07. The van der Waals surface area contributed by atoms with Crippen LogP contribution in [0.25, 0.3) is 0 Å². The van der Waals surface area contributed by atoms with Gasteiger partial charge < -0.3 is 14.8 Å². The van der Waals surface area contributed by atoms with Crippen LogP contribution in [-0.2, 0) is 14.3 Å². The molecule has 0 aromatic carbocycles. The molecule has 1 heterocycles. The lowest BCUT2D eigenvalue weighted by Crippen LogP contribution is -2.30. The number of carbonyl (C=O) groups is 1. The Morgan fingerprint density at radius 2 is 2.08 bits per heavy atom. The summed E-state index contributed by atoms with van der Waals surface area (Å²) >= 11 is 0. The molecule has 1 N–H and O–H groups in total. The van der Waals surface area contributed by atoms with Gasteiger partial charge in [-0.05, 0) is 5.92 Å². The molecular formula is C9H17NO3. The Labute approximate surface area is 78.6 Å². The molecule has 1 rings (SSSR count). The minimum Gasteiger partial charge on any atom is -0.356 e. The summed E-state index contributed by atoms with van der Waals surface area (Å²) in [5.74, 6) is 0.481. The Bertz CT molecular complexity index is 164. The maximum atomic E-state index is 11.2. The molecule has 4 nitrogen and oxygen atoms in total. The second-order valence-corrected chi connectivity index (χ2v) is 3.57. The fraction of sp³-hybridized carbons (Fsp3) is 0.889. The lowest BCUT2D eigenvalue weighted by Gasteiger charge is -2.10. The summed E-state index contributed by atoms with van der Waals surface area (Å²) in [6, 6.07) is 0. The SMILES string of the molecule is CC(C)CNC(=O)CC1OCCO1. The summed E-state index contributed by atoms with van der Waals surface area (Å²) in [5, 5.41) is 2.81. The predicted molar refractivity (Wildman–Crippen MR) is 48.2 cm³/mol. The summed E-state index contributed by atoms with van der Waals surface area (Å²) in [5.41, 5.74) is 0. The summed E-state index contributed by atoms with van der Waals surface area (Å²) in [4.78, 5) is 11.2. The third-order valence-electron chi connectivity index (χ3n) is 1.75. The standard InChI is InChI=1S/C9H17NO3/c1-7(2)6-10-8(11)5-9-12-3-4-13-9/h7,9H,3-6H2,1-2H3,(H,10,11). The van der Waals surface area contributed by atoms with Crippen molar-refractivity contribution in [2.45, 2.75) is 26.6 Å². The molecule has 1 saturated heterocycles. The molecule has 1 amide bonds. The van der Waals surface area contributed by atoms with E-state index in [0.717, 1.165) is 0 Å². The van der Waals surface area contributed by atoms with Crippen LogP contribution in [0.15, 0.2) is 0 Å². The normalized spacial score (nSPS) is 18.1. The first kappa shape index (κ1) is 10.5. The average molecular weight is 187 g/mol. The zero-order chi connectivity index (χ0) is 9.68. The highest BCUT2D eigenvalue weighted by molar-refractivity contribution is 5.76. The van der Waals surface area contributed by atoms with Crippen molar-refractivity contribution in [1.82, 2.24) is 5.32 Å². The molecule has 13 heavy (non-hydrogen) atoms. The van der Waals surface area contributed by atoms with Crippen molar-refractivity contribution < 1.29 is 14.3 Å². The van der Waals surface area contributed by atoms with Gasteiger partial charge in [-0.25, -0.2) is 0 Å². The molecule has 4 heteroatoms. The van der Waals surface area contributed by atoms with Crippen LogP contribution in [-0.4, -0.2) is 32.0 Å². The maximum Gasteiger partial charge on any atom is 0.225 e. The van der Waals surface area contributed by atoms with E-state index in [0.29, 0.717) is 32.1 Å². The number of rotatable bonds is 4. The highest BCUT2D eigenvalue weighted by atomic mass is 16.7. The second kappa shape index (κ2) is 5.19. The quantitative estimate of drug-likeness (QED) is 0.698. The number of amides is 1. The van der Waals surface area contributed by atoms with Gasteiger partial charge in [0.1, 0.15) is 0 Å². The van der Waals surface area contributed by atoms with Crippen molar-refractivity contribution in [3.05, 3.63) is 0 Å². The summed E-state index contributed by atoms with van der Waals surface area (Å²) in [6.45, 7) is 6.03. The lowest BCUT2D eigenvalue weighted by atomic mass is 10.2. The van der Waals surface area contributed by atoms with Crippen molar-refractivity contribution in [3.63, 3.8) is 0 Å². The van der Waals surface area contributed by atoms with Gasteiger partial charge in [0, 0.05) is 6.54 Å². The Balaban J connectivity index is 2.09. The molecule has 0 aromatic rings. The van der Waals surface area contributed by atoms with Crippen molar-refractivity contribution in [2.24, 2.45) is 5.92 Å². The van der Waals surface area contributed by atoms with E-state index in [1.54, 1.807) is 0 Å². The molecule has 0 spiro atoms. The van der Waals surface area contributed by atoms with E-state index in [1.807, 2.05) is 0 Å². The fourth-order valence-corrected chi connectivity index (χ4v) is 1.07. The van der Waals surface area contributed by atoms with Gasteiger partial charge >= 0.3 is 0 Å². The number of hydrogen-bond donors (Lipinski definition) is 1. The number of ether oxygens (including phenoxy) is 2. The van der Waals surface area contributed by atoms with E-state index in [1.165, 1.54) is 0 Å². The van der Waals surface area contributed by atoms with Crippen LogP contribution in [0.3, 0.4) is 0 Å². The maximum absolute atomic E-state index is 11.2. The van der Waals surface area contributed by atoms with E-state index in [9.17, 15) is 4.79 Å². The van der Waals surface area contributed by atoms with Crippen molar-refractivity contribution in [2.75, 3.05) is 19.8 Å². The summed E-state index contributed by atoms with van der Waals surface area (Å²) in [6.07, 6.45) is -0.0145. The average Bonchev–Trinajstić information content (AvgIpc) is 2.53. The predicted octanol–water partition coefficient (Wildman–Crippen LogP) is 0.522. The molecule has 1 aliphatic heterocycles. The van der Waals surface area contributed by atoms with Gasteiger partial charge in [-0.15, -0.1) is 0 Å². The first-order chi connectivity index (χ1) is 6.18. The molecular weight excluding hydrogens is 170 g/mol. The van der Waals surface area contributed by atoms with Crippen LogP contribution in [0.5, 0.6) is 0 Å². The number of carbonyl (C=O) groups excluding carboxylic acids is 1. The first-order valence-corrected chi connectivity index (χ1v) is 4.68. The molecule has 1 aliphatic rings. The Hall–Kier alpha value is -0.610. The monoisotopic (exact) mass is 187 g/mol. The lowest BCUT2D eigenvalue weighted by molar-refractivity contribution is -0.129. The highest BCUT2D eigenvalue weighted by Gasteiger charge is 2.19. The Morgan fingerprint density at radius 1 is 1.46 bits per heavy atom. The van der Waals surface area contributed by atoms with Crippen LogP contribution < -0.4 is 5.32 Å². The van der Waals surface area contributed by atoms with Crippen LogP contribution in [0, 0.1) is 5.92 Å². The molecule has 0 atom stereocenters. The van der Waals surface area contributed by atoms with Crippen LogP contribution in [0.2, 0.25) is 0 Å². The van der Waals surface area contributed by atoms with Gasteiger partial charge in [-0.3, -0.25) is 4.79 Å². The Kier molecular flexibility index (Phi) is 4.18. The van der Waals surface area contributed by atoms with E-state index in [-0.39, 0.29) is 12.2 Å². The minimum atomic E-state index is -0.327. The van der Waals surface area contributed by atoms with Crippen molar-refractivity contribution >= 4 is 5.91 Å². The third kappa shape index (κ3) is 4.24. The molecule has 0 unspecified atom stereocenters. The molecule has 0 bridgehead atoms. The van der Waals surface area contributed by atoms with Gasteiger partial charge in [-0.2, -0.15) is 0 Å². The van der Waals surface area contributed by atoms with E-state index < -0.39 is 0 Å². The largest absolute Gasteiger partial charge is 0.356 e. The van der Waals surface area contributed by atoms with Crippen molar-refractivity contribution in [3.8, 4) is 0 Å². The van der Waals surface area contributed by atoms with Crippen LogP contribution in [0.1, 0.15) is 20.3 Å². The molecule has 76 valence electrons. The number of nitrogens with one attached hydrogen (secondary N) is 1. The molecule has 0 saturated carbocycles. The summed E-state index contributed by atoms with van der Waals surface area (Å²) in [7, 11) is 0. The topological polar surface area (TPSA) is 47.6 Å². The smallest absolute Gasteiger partial charge is 0.225 e. The zero-order valence-electron chi connectivity index (χ0n) is 8.21. The van der Waals surface area contributed by atoms with Gasteiger partial charge in [0.15, 0.2) is 6.29 Å². The zero-order valence-corrected chi connectivity index (χ0v) is 8.21. The highest BCUT2D eigenvalue weighted by Crippen LogP contribution is 2.07. The van der Waals surface area contributed by atoms with Crippen LogP contribution >= 0.6 is 0 Å². The van der Waals surface area contributed by atoms with Crippen LogP contribution in [0.4, 0.5) is 0 Å². The molecule has 0 aliphatic carbocycles. The summed E-state index contributed by atoms with van der Waals surface area (Å²) < 4.78 is 10.3. The molecule has 1 fully saturated rings. The van der Waals surface area contributed by atoms with Crippen molar-refractivity contribution in [1.29, 1.82) is 0 Å². The van der Waals surface area contributed by atoms with E-state index in [2.05, 4.69) is 19.2 Å². The van der Waals surface area contributed by atoms with Gasteiger partial charge in [0.25, 0.3) is 0 Å². The van der Waals surface area contributed by atoms with Gasteiger partial charge in [-0.1, -0.05) is 13.8 Å². The van der Waals surface area contributed by atoms with Gasteiger partial charge in [0.2, 0.25) is 5.91 Å². The third-order valence-corrected chi connectivity index (χ3v) is 1.75. The van der Waals surface area contributed by atoms with E-state index >= 15 is 0 Å². The van der Waals surface area contributed by atoms with Gasteiger partial charge in [0.05, 0.1) is 19.6 Å². The molecule has 0 aromatic heterocycles. The second-order valence-electron chi connectivity index (χ2n) is 3.57. The molecule has 0 radical (unpaired) electrons. The number of hydrogen-bond acceptors (Lipinski definition) is 3. The minimum absolute atomic E-state index is 0.000556. The first-order valence-electron chi connectivity index (χ1n) is 4.68. The Morgan fingerprint density at radius 3 is 2.62 bits per heavy atom.